The van der Waals surface area contributed by atoms with Gasteiger partial charge in [-0.2, -0.15) is 0 Å². The maximum atomic E-state index is 13.1. The molecule has 0 saturated carbocycles. The van der Waals surface area contributed by atoms with Gasteiger partial charge in [0.25, 0.3) is 11.7 Å². The van der Waals surface area contributed by atoms with E-state index in [9.17, 15) is 14.7 Å². The SMILES string of the molecule is CCOc1ccc([C@@H]2C(=C(O)c3ccc(OCC(C)C)c(C)c3)C(=O)C(=O)N2CCOC)cc1. The van der Waals surface area contributed by atoms with E-state index in [4.69, 9.17) is 14.2 Å². The van der Waals surface area contributed by atoms with Crippen LogP contribution in [-0.4, -0.2) is 55.2 Å². The third-order valence-corrected chi connectivity index (χ3v) is 5.60. The van der Waals surface area contributed by atoms with E-state index in [1.807, 2.05) is 26.0 Å². The Morgan fingerprint density at radius 3 is 2.38 bits per heavy atom. The number of ketones is 1. The van der Waals surface area contributed by atoms with E-state index in [1.54, 1.807) is 30.3 Å². The van der Waals surface area contributed by atoms with Crippen molar-refractivity contribution in [2.24, 2.45) is 5.92 Å². The topological polar surface area (TPSA) is 85.3 Å². The van der Waals surface area contributed by atoms with E-state index in [-0.39, 0.29) is 24.5 Å². The molecule has 1 heterocycles. The van der Waals surface area contributed by atoms with Crippen LogP contribution in [0.3, 0.4) is 0 Å². The van der Waals surface area contributed by atoms with Crippen molar-refractivity contribution < 1.29 is 28.9 Å². The molecule has 2 aromatic carbocycles. The summed E-state index contributed by atoms with van der Waals surface area (Å²) in [6.45, 7) is 9.51. The number of hydrogen-bond donors (Lipinski definition) is 1. The summed E-state index contributed by atoms with van der Waals surface area (Å²) in [6, 6.07) is 11.7. The normalized spacial score (nSPS) is 17.5. The number of ether oxygens (including phenoxy) is 3. The summed E-state index contributed by atoms with van der Waals surface area (Å²) in [7, 11) is 1.54. The molecule has 1 aliphatic heterocycles. The Hall–Kier alpha value is -3.32. The van der Waals surface area contributed by atoms with Crippen molar-refractivity contribution >= 4 is 17.4 Å². The Kier molecular flexibility index (Phi) is 8.34. The van der Waals surface area contributed by atoms with E-state index in [0.717, 1.165) is 5.56 Å². The van der Waals surface area contributed by atoms with Crippen molar-refractivity contribution in [1.29, 1.82) is 0 Å². The lowest BCUT2D eigenvalue weighted by Gasteiger charge is -2.25. The van der Waals surface area contributed by atoms with E-state index in [1.165, 1.54) is 12.0 Å². The highest BCUT2D eigenvalue weighted by atomic mass is 16.5. The molecule has 182 valence electrons. The molecule has 1 N–H and O–H groups in total. The molecular formula is C27H33NO6. The number of rotatable bonds is 10. The number of carbonyl (C=O) groups excluding carboxylic acids is 2. The quantitative estimate of drug-likeness (QED) is 0.315. The maximum absolute atomic E-state index is 13.1. The summed E-state index contributed by atoms with van der Waals surface area (Å²) < 4.78 is 16.5. The minimum absolute atomic E-state index is 0.0560. The number of amides is 1. The molecule has 34 heavy (non-hydrogen) atoms. The number of Topliss-reactive ketones (excluding diaryl/α,β-unsaturated/α-hetero) is 1. The van der Waals surface area contributed by atoms with Gasteiger partial charge in [0.15, 0.2) is 0 Å². The van der Waals surface area contributed by atoms with Crippen LogP contribution in [0.4, 0.5) is 0 Å². The minimum Gasteiger partial charge on any atom is -0.507 e. The molecule has 0 unspecified atom stereocenters. The van der Waals surface area contributed by atoms with Gasteiger partial charge >= 0.3 is 0 Å². The molecule has 1 fully saturated rings. The van der Waals surface area contributed by atoms with Crippen molar-refractivity contribution in [3.8, 4) is 11.5 Å². The molecule has 7 heteroatoms. The second-order valence-electron chi connectivity index (χ2n) is 8.67. The summed E-state index contributed by atoms with van der Waals surface area (Å²) in [6.07, 6.45) is 0. The van der Waals surface area contributed by atoms with Crippen LogP contribution in [0.2, 0.25) is 0 Å². The van der Waals surface area contributed by atoms with Crippen LogP contribution >= 0.6 is 0 Å². The highest BCUT2D eigenvalue weighted by Crippen LogP contribution is 2.40. The van der Waals surface area contributed by atoms with Crippen molar-refractivity contribution in [3.05, 3.63) is 64.7 Å². The third kappa shape index (κ3) is 5.42. The molecule has 7 nitrogen and oxygen atoms in total. The smallest absolute Gasteiger partial charge is 0.295 e. The molecule has 2 aromatic rings. The average molecular weight is 468 g/mol. The van der Waals surface area contributed by atoms with E-state index < -0.39 is 17.7 Å². The van der Waals surface area contributed by atoms with Gasteiger partial charge in [-0.1, -0.05) is 26.0 Å². The van der Waals surface area contributed by atoms with Gasteiger partial charge in [0.2, 0.25) is 0 Å². The van der Waals surface area contributed by atoms with Gasteiger partial charge in [-0.15, -0.1) is 0 Å². The Bertz CT molecular complexity index is 1060. The van der Waals surface area contributed by atoms with Gasteiger partial charge in [-0.05, 0) is 61.2 Å². The zero-order valence-corrected chi connectivity index (χ0v) is 20.5. The lowest BCUT2D eigenvalue weighted by Crippen LogP contribution is -2.32. The van der Waals surface area contributed by atoms with Gasteiger partial charge in [0.1, 0.15) is 17.3 Å². The lowest BCUT2D eigenvalue weighted by atomic mass is 9.94. The molecule has 0 radical (unpaired) electrons. The minimum atomic E-state index is -0.733. The molecule has 1 atom stereocenters. The van der Waals surface area contributed by atoms with Gasteiger partial charge < -0.3 is 24.2 Å². The number of methoxy groups -OCH3 is 1. The number of aliphatic hydroxyl groups excluding tert-OH is 1. The maximum Gasteiger partial charge on any atom is 0.295 e. The molecule has 0 bridgehead atoms. The van der Waals surface area contributed by atoms with Crippen molar-refractivity contribution in [3.63, 3.8) is 0 Å². The molecule has 1 amide bonds. The largest absolute Gasteiger partial charge is 0.507 e. The van der Waals surface area contributed by atoms with Crippen LogP contribution in [0.1, 0.15) is 43.5 Å². The van der Waals surface area contributed by atoms with Crippen LogP contribution in [0.25, 0.3) is 5.76 Å². The number of benzene rings is 2. The van der Waals surface area contributed by atoms with Crippen molar-refractivity contribution in [2.45, 2.75) is 33.7 Å². The summed E-state index contributed by atoms with van der Waals surface area (Å²) in [5, 5.41) is 11.2. The van der Waals surface area contributed by atoms with Crippen LogP contribution in [0.5, 0.6) is 11.5 Å². The molecule has 1 aliphatic rings. The van der Waals surface area contributed by atoms with E-state index >= 15 is 0 Å². The van der Waals surface area contributed by atoms with Crippen LogP contribution in [0, 0.1) is 12.8 Å². The van der Waals surface area contributed by atoms with Gasteiger partial charge in [-0.3, -0.25) is 9.59 Å². The fraction of sp³-hybridized carbons (Fsp3) is 0.407. The van der Waals surface area contributed by atoms with Crippen molar-refractivity contribution in [1.82, 2.24) is 4.90 Å². The average Bonchev–Trinajstić information content (AvgIpc) is 3.06. The molecule has 0 aromatic heterocycles. The summed E-state index contributed by atoms with van der Waals surface area (Å²) in [4.78, 5) is 27.4. The van der Waals surface area contributed by atoms with Crippen LogP contribution in [0.15, 0.2) is 48.0 Å². The Morgan fingerprint density at radius 2 is 1.79 bits per heavy atom. The number of likely N-dealkylation sites (tertiary alicyclic amines) is 1. The molecule has 1 saturated heterocycles. The van der Waals surface area contributed by atoms with Crippen LogP contribution < -0.4 is 9.47 Å². The zero-order chi connectivity index (χ0) is 24.8. The van der Waals surface area contributed by atoms with E-state index in [2.05, 4.69) is 13.8 Å². The number of nitrogens with zero attached hydrogens (tertiary/aromatic N) is 1. The fourth-order valence-electron chi connectivity index (χ4n) is 3.93. The second-order valence-corrected chi connectivity index (χ2v) is 8.67. The number of aliphatic hydroxyl groups is 1. The molecule has 0 spiro atoms. The summed E-state index contributed by atoms with van der Waals surface area (Å²) in [5.41, 5.74) is 2.04. The predicted octanol–water partition coefficient (Wildman–Crippen LogP) is 4.50. The first-order valence-corrected chi connectivity index (χ1v) is 11.5. The summed E-state index contributed by atoms with van der Waals surface area (Å²) >= 11 is 0. The first-order valence-electron chi connectivity index (χ1n) is 11.5. The first-order chi connectivity index (χ1) is 16.3. The number of aryl methyl sites for hydroxylation is 1. The van der Waals surface area contributed by atoms with Gasteiger partial charge in [0.05, 0.1) is 31.4 Å². The lowest BCUT2D eigenvalue weighted by molar-refractivity contribution is -0.140. The van der Waals surface area contributed by atoms with Crippen molar-refractivity contribution in [2.75, 3.05) is 33.5 Å². The van der Waals surface area contributed by atoms with Gasteiger partial charge in [0, 0.05) is 19.2 Å². The highest BCUT2D eigenvalue weighted by molar-refractivity contribution is 6.46. The highest BCUT2D eigenvalue weighted by Gasteiger charge is 2.45. The Labute approximate surface area is 200 Å². The zero-order valence-electron chi connectivity index (χ0n) is 20.5. The first kappa shape index (κ1) is 25.3. The number of carbonyl (C=O) groups is 2. The van der Waals surface area contributed by atoms with Crippen LogP contribution in [-0.2, 0) is 14.3 Å². The molecular weight excluding hydrogens is 434 g/mol. The monoisotopic (exact) mass is 467 g/mol. The second kappa shape index (κ2) is 11.2. The predicted molar refractivity (Wildman–Crippen MR) is 130 cm³/mol. The Morgan fingerprint density at radius 1 is 1.09 bits per heavy atom. The Balaban J connectivity index is 2.05. The summed E-state index contributed by atoms with van der Waals surface area (Å²) in [5.74, 6) is 0.193. The van der Waals surface area contributed by atoms with E-state index in [0.29, 0.717) is 41.8 Å². The van der Waals surface area contributed by atoms with Gasteiger partial charge in [-0.25, -0.2) is 0 Å². The molecule has 0 aliphatic carbocycles. The molecule has 3 rings (SSSR count). The fourth-order valence-corrected chi connectivity index (χ4v) is 3.93. The standard InChI is InChI=1S/C27H33NO6/c1-6-33-21-10-7-19(8-11-21)24-23(26(30)27(31)28(24)13-14-32-5)25(29)20-9-12-22(18(4)15-20)34-16-17(2)3/h7-12,15,17,24,29H,6,13-14,16H2,1-5H3/t24-/m1/s1. The third-order valence-electron chi connectivity index (χ3n) is 5.60. The number of hydrogen-bond acceptors (Lipinski definition) is 6.